The fourth-order valence-corrected chi connectivity index (χ4v) is 2.78. The molecule has 1 unspecified atom stereocenters. The maximum Gasteiger partial charge on any atom is 0.237 e. The molecule has 2 saturated heterocycles. The van der Waals surface area contributed by atoms with Crippen molar-refractivity contribution < 1.29 is 4.79 Å². The molecule has 3 heterocycles. The van der Waals surface area contributed by atoms with Gasteiger partial charge in [-0.25, -0.2) is 0 Å². The Morgan fingerprint density at radius 1 is 1.42 bits per heavy atom. The van der Waals surface area contributed by atoms with Gasteiger partial charge in [0.05, 0.1) is 23.8 Å². The molecule has 2 aliphatic rings. The van der Waals surface area contributed by atoms with Gasteiger partial charge in [0.15, 0.2) is 0 Å². The summed E-state index contributed by atoms with van der Waals surface area (Å²) in [6.07, 6.45) is 6.48. The Hall–Kier alpha value is -1.87. The van der Waals surface area contributed by atoms with Crippen molar-refractivity contribution in [3.63, 3.8) is 0 Å². The molecule has 1 N–H and O–H groups in total. The van der Waals surface area contributed by atoms with Crippen molar-refractivity contribution in [2.45, 2.75) is 31.3 Å². The van der Waals surface area contributed by atoms with Gasteiger partial charge in [-0.3, -0.25) is 14.4 Å². The Balaban J connectivity index is 1.60. The van der Waals surface area contributed by atoms with Gasteiger partial charge < -0.3 is 5.32 Å². The molecule has 100 valence electrons. The van der Waals surface area contributed by atoms with Gasteiger partial charge >= 0.3 is 0 Å². The zero-order chi connectivity index (χ0) is 13.2. The van der Waals surface area contributed by atoms with Crippen LogP contribution >= 0.6 is 0 Å². The van der Waals surface area contributed by atoms with Crippen molar-refractivity contribution in [3.8, 4) is 6.07 Å². The molecule has 0 saturated carbocycles. The summed E-state index contributed by atoms with van der Waals surface area (Å²) in [6, 6.07) is 2.39. The Morgan fingerprint density at radius 3 is 3.00 bits per heavy atom. The van der Waals surface area contributed by atoms with Gasteiger partial charge in [-0.05, 0) is 19.3 Å². The first kappa shape index (κ1) is 12.2. The third-order valence-corrected chi connectivity index (χ3v) is 3.94. The Morgan fingerprint density at radius 2 is 2.26 bits per heavy atom. The number of carbonyl (C=O) groups excluding carboxylic acids is 1. The van der Waals surface area contributed by atoms with Crippen LogP contribution in [0.25, 0.3) is 0 Å². The van der Waals surface area contributed by atoms with Crippen LogP contribution in [0.5, 0.6) is 0 Å². The highest BCUT2D eigenvalue weighted by Gasteiger charge is 2.37. The highest BCUT2D eigenvalue weighted by Crippen LogP contribution is 2.26. The Kier molecular flexibility index (Phi) is 3.22. The highest BCUT2D eigenvalue weighted by atomic mass is 16.2. The van der Waals surface area contributed by atoms with Gasteiger partial charge in [0.25, 0.3) is 0 Å². The van der Waals surface area contributed by atoms with Crippen molar-refractivity contribution >= 4 is 5.91 Å². The van der Waals surface area contributed by atoms with E-state index in [-0.39, 0.29) is 18.0 Å². The van der Waals surface area contributed by atoms with Crippen molar-refractivity contribution in [1.82, 2.24) is 20.0 Å². The van der Waals surface area contributed by atoms with E-state index in [1.54, 1.807) is 12.4 Å². The van der Waals surface area contributed by atoms with E-state index in [9.17, 15) is 4.79 Å². The average molecular weight is 259 g/mol. The smallest absolute Gasteiger partial charge is 0.237 e. The summed E-state index contributed by atoms with van der Waals surface area (Å²) >= 11 is 0. The molecule has 6 nitrogen and oxygen atoms in total. The van der Waals surface area contributed by atoms with E-state index in [1.807, 2.05) is 4.68 Å². The predicted molar refractivity (Wildman–Crippen MR) is 68.2 cm³/mol. The van der Waals surface area contributed by atoms with E-state index in [4.69, 9.17) is 5.26 Å². The summed E-state index contributed by atoms with van der Waals surface area (Å²) in [5.74, 6) is 0.161. The monoisotopic (exact) mass is 259 g/mol. The molecule has 1 aromatic rings. The molecule has 0 aromatic carbocycles. The summed E-state index contributed by atoms with van der Waals surface area (Å²) in [4.78, 5) is 14.1. The van der Waals surface area contributed by atoms with Gasteiger partial charge in [0.2, 0.25) is 5.91 Å². The van der Waals surface area contributed by atoms with Crippen LogP contribution in [-0.4, -0.2) is 46.3 Å². The average Bonchev–Trinajstić information content (AvgIpc) is 2.73. The summed E-state index contributed by atoms with van der Waals surface area (Å²) in [6.45, 7) is 2.48. The van der Waals surface area contributed by atoms with Crippen molar-refractivity contribution in [3.05, 3.63) is 18.0 Å². The predicted octanol–water partition coefficient (Wildman–Crippen LogP) is 0.280. The number of hydrogen-bond donors (Lipinski definition) is 1. The van der Waals surface area contributed by atoms with Crippen molar-refractivity contribution in [2.24, 2.45) is 0 Å². The normalized spacial score (nSPS) is 25.2. The van der Waals surface area contributed by atoms with Crippen LogP contribution in [0.3, 0.4) is 0 Å². The molecule has 1 atom stereocenters. The third-order valence-electron chi connectivity index (χ3n) is 3.94. The van der Waals surface area contributed by atoms with Crippen LogP contribution in [-0.2, 0) is 4.79 Å². The van der Waals surface area contributed by atoms with Gasteiger partial charge in [-0.2, -0.15) is 10.4 Å². The standard InChI is InChI=1S/C13H17N5O/c14-5-10-6-16-18(7-10)11-8-17(9-11)12-3-1-2-4-15-13(12)19/h6-7,11-12H,1-4,8-9H2,(H,15,19). The topological polar surface area (TPSA) is 74.0 Å². The zero-order valence-corrected chi connectivity index (χ0v) is 10.7. The summed E-state index contributed by atoms with van der Waals surface area (Å²) in [5.41, 5.74) is 0.589. The molecule has 1 aromatic heterocycles. The quantitative estimate of drug-likeness (QED) is 0.828. The van der Waals surface area contributed by atoms with E-state index >= 15 is 0 Å². The highest BCUT2D eigenvalue weighted by molar-refractivity contribution is 5.82. The number of nitriles is 1. The number of aromatic nitrogens is 2. The minimum atomic E-state index is 0.0183. The number of likely N-dealkylation sites (tertiary alicyclic amines) is 1. The molecule has 2 fully saturated rings. The van der Waals surface area contributed by atoms with Crippen LogP contribution in [0.15, 0.2) is 12.4 Å². The lowest BCUT2D eigenvalue weighted by Crippen LogP contribution is -2.57. The minimum Gasteiger partial charge on any atom is -0.355 e. The van der Waals surface area contributed by atoms with Crippen LogP contribution in [0.1, 0.15) is 30.9 Å². The van der Waals surface area contributed by atoms with E-state index in [2.05, 4.69) is 21.4 Å². The summed E-state index contributed by atoms with van der Waals surface area (Å²) in [7, 11) is 0. The second-order valence-corrected chi connectivity index (χ2v) is 5.23. The number of nitrogens with zero attached hydrogens (tertiary/aromatic N) is 4. The fourth-order valence-electron chi connectivity index (χ4n) is 2.78. The first-order valence-electron chi connectivity index (χ1n) is 6.74. The molecular weight excluding hydrogens is 242 g/mol. The van der Waals surface area contributed by atoms with Crippen LogP contribution < -0.4 is 5.32 Å². The third kappa shape index (κ3) is 2.34. The lowest BCUT2D eigenvalue weighted by atomic mass is 10.0. The molecule has 0 bridgehead atoms. The molecule has 0 radical (unpaired) electrons. The second-order valence-electron chi connectivity index (χ2n) is 5.23. The molecule has 6 heteroatoms. The number of amides is 1. The van der Waals surface area contributed by atoms with Gasteiger partial charge in [-0.15, -0.1) is 0 Å². The maximum absolute atomic E-state index is 11.9. The van der Waals surface area contributed by atoms with Crippen molar-refractivity contribution in [1.29, 1.82) is 5.26 Å². The van der Waals surface area contributed by atoms with Crippen LogP contribution in [0.4, 0.5) is 0 Å². The fraction of sp³-hybridized carbons (Fsp3) is 0.615. The number of nitrogens with one attached hydrogen (secondary N) is 1. The zero-order valence-electron chi connectivity index (χ0n) is 10.7. The molecule has 19 heavy (non-hydrogen) atoms. The van der Waals surface area contributed by atoms with Crippen molar-refractivity contribution in [2.75, 3.05) is 19.6 Å². The lowest BCUT2D eigenvalue weighted by Gasteiger charge is -2.43. The molecule has 0 aliphatic carbocycles. The molecular formula is C13H17N5O. The first-order valence-corrected chi connectivity index (χ1v) is 6.74. The molecule has 1 amide bonds. The summed E-state index contributed by atoms with van der Waals surface area (Å²) < 4.78 is 1.84. The minimum absolute atomic E-state index is 0.0183. The molecule has 2 aliphatic heterocycles. The number of rotatable bonds is 2. The van der Waals surface area contributed by atoms with Gasteiger partial charge in [-0.1, -0.05) is 0 Å². The number of carbonyl (C=O) groups is 1. The van der Waals surface area contributed by atoms with Crippen LogP contribution in [0.2, 0.25) is 0 Å². The number of hydrogen-bond acceptors (Lipinski definition) is 4. The molecule has 3 rings (SSSR count). The Bertz CT molecular complexity index is 511. The van der Waals surface area contributed by atoms with E-state index in [0.29, 0.717) is 5.56 Å². The summed E-state index contributed by atoms with van der Waals surface area (Å²) in [5, 5.41) is 15.9. The maximum atomic E-state index is 11.9. The lowest BCUT2D eigenvalue weighted by molar-refractivity contribution is -0.128. The van der Waals surface area contributed by atoms with E-state index < -0.39 is 0 Å². The van der Waals surface area contributed by atoms with Gasteiger partial charge in [0.1, 0.15) is 6.07 Å². The van der Waals surface area contributed by atoms with Gasteiger partial charge in [0, 0.05) is 25.8 Å². The largest absolute Gasteiger partial charge is 0.355 e. The Labute approximate surface area is 112 Å². The van der Waals surface area contributed by atoms with E-state index in [1.165, 1.54) is 0 Å². The first-order chi connectivity index (χ1) is 9.28. The van der Waals surface area contributed by atoms with E-state index in [0.717, 1.165) is 38.9 Å². The SMILES string of the molecule is N#Cc1cnn(C2CN(C3CCCCNC3=O)C2)c1. The van der Waals surface area contributed by atoms with Crippen LogP contribution in [0, 0.1) is 11.3 Å². The second kappa shape index (κ2) is 5.02. The molecule has 0 spiro atoms.